The Labute approximate surface area is 161 Å². The van der Waals surface area contributed by atoms with E-state index in [-0.39, 0.29) is 35.1 Å². The molecule has 4 aromatic rings. The van der Waals surface area contributed by atoms with Crippen LogP contribution in [0.1, 0.15) is 0 Å². The van der Waals surface area contributed by atoms with E-state index in [0.717, 1.165) is 4.90 Å². The molecule has 0 aliphatic carbocycles. The van der Waals surface area contributed by atoms with E-state index in [1.54, 1.807) is 30.3 Å². The normalized spacial score (nSPS) is 11.6. The molecule has 0 atom stereocenters. The molecule has 3 aromatic heterocycles. The Morgan fingerprint density at radius 1 is 0.931 bits per heavy atom. The van der Waals surface area contributed by atoms with Crippen LogP contribution in [0.5, 0.6) is 0 Å². The Kier molecular flexibility index (Phi) is 4.58. The molecule has 0 saturated carbocycles. The van der Waals surface area contributed by atoms with Gasteiger partial charge in [-0.3, -0.25) is 0 Å². The molecule has 9 nitrogen and oxygen atoms in total. The van der Waals surface area contributed by atoms with Crippen LogP contribution >= 0.6 is 0 Å². The molecule has 0 unspecified atom stereocenters. The number of halogens is 3. The summed E-state index contributed by atoms with van der Waals surface area (Å²) in [5.41, 5.74) is 5.93. The predicted molar refractivity (Wildman–Crippen MR) is 94.7 cm³/mol. The van der Waals surface area contributed by atoms with Crippen LogP contribution in [0, 0.1) is 0 Å². The van der Waals surface area contributed by atoms with Crippen LogP contribution in [-0.4, -0.2) is 37.8 Å². The molecule has 0 radical (unpaired) electrons. The van der Waals surface area contributed by atoms with Crippen molar-refractivity contribution in [3.8, 4) is 23.3 Å². The zero-order chi connectivity index (χ0) is 20.4. The van der Waals surface area contributed by atoms with Gasteiger partial charge in [-0.05, 0) is 24.3 Å². The van der Waals surface area contributed by atoms with Gasteiger partial charge in [-0.1, -0.05) is 23.4 Å². The molecule has 1 aromatic carbocycles. The summed E-state index contributed by atoms with van der Waals surface area (Å²) in [7, 11) is 0. The van der Waals surface area contributed by atoms with E-state index >= 15 is 0 Å². The molecule has 0 amide bonds. The number of benzene rings is 1. The number of para-hydroxylation sites is 1. The number of anilines is 3. The van der Waals surface area contributed by atoms with E-state index in [0.29, 0.717) is 5.76 Å². The number of rotatable bonds is 5. The molecule has 148 valence electrons. The van der Waals surface area contributed by atoms with E-state index in [1.807, 2.05) is 0 Å². The Morgan fingerprint density at radius 3 is 2.41 bits per heavy atom. The molecule has 0 saturated heterocycles. The van der Waals surface area contributed by atoms with Gasteiger partial charge in [-0.2, -0.15) is 33.1 Å². The molecule has 12 heteroatoms. The number of hydrogen-bond donors (Lipinski definition) is 1. The van der Waals surface area contributed by atoms with Crippen LogP contribution < -0.4 is 10.6 Å². The third-order valence-electron chi connectivity index (χ3n) is 3.65. The molecule has 29 heavy (non-hydrogen) atoms. The van der Waals surface area contributed by atoms with Gasteiger partial charge in [-0.25, -0.2) is 0 Å². The molecule has 0 spiro atoms. The Balaban J connectivity index is 1.75. The fraction of sp³-hybridized carbons (Fsp3) is 0.118. The van der Waals surface area contributed by atoms with E-state index < -0.39 is 12.7 Å². The van der Waals surface area contributed by atoms with Gasteiger partial charge in [0.05, 0.1) is 6.26 Å². The number of furan rings is 1. The first-order chi connectivity index (χ1) is 13.9. The maximum Gasteiger partial charge on any atom is 0.406 e. The Hall–Kier alpha value is -3.96. The van der Waals surface area contributed by atoms with Crippen molar-refractivity contribution in [3.05, 3.63) is 48.7 Å². The van der Waals surface area contributed by atoms with Gasteiger partial charge in [0.2, 0.25) is 23.5 Å². The number of nitrogen functional groups attached to an aromatic ring is 1. The van der Waals surface area contributed by atoms with Crippen molar-refractivity contribution >= 4 is 17.6 Å². The highest BCUT2D eigenvalue weighted by Gasteiger charge is 2.33. The molecular formula is C17H12F3N7O2. The zero-order valence-electron chi connectivity index (χ0n) is 14.5. The third kappa shape index (κ3) is 4.15. The number of nitrogens with two attached hydrogens (primary N) is 1. The monoisotopic (exact) mass is 403 g/mol. The van der Waals surface area contributed by atoms with Crippen molar-refractivity contribution < 1.29 is 22.1 Å². The first-order valence-corrected chi connectivity index (χ1v) is 8.18. The van der Waals surface area contributed by atoms with Crippen molar-refractivity contribution in [2.75, 3.05) is 17.2 Å². The highest BCUT2D eigenvalue weighted by molar-refractivity contribution is 5.60. The van der Waals surface area contributed by atoms with Gasteiger partial charge in [0.25, 0.3) is 5.89 Å². The standard InChI is InChI=1S/C17H12F3N7O2/c18-17(19,20)9-27(10-5-2-1-3-6-10)16-24-12(23-15(21)25-16)13-22-14(29-26-13)11-7-4-8-28-11/h1-8H,9H2,(H2,21,23,24,25). The van der Waals surface area contributed by atoms with Crippen molar-refractivity contribution in [2.24, 2.45) is 0 Å². The second-order valence-corrected chi connectivity index (χ2v) is 5.75. The van der Waals surface area contributed by atoms with Crippen molar-refractivity contribution in [3.63, 3.8) is 0 Å². The van der Waals surface area contributed by atoms with Gasteiger partial charge in [0, 0.05) is 5.69 Å². The Bertz CT molecular complexity index is 1100. The summed E-state index contributed by atoms with van der Waals surface area (Å²) in [6, 6.07) is 11.1. The molecular weight excluding hydrogens is 391 g/mol. The van der Waals surface area contributed by atoms with E-state index in [4.69, 9.17) is 14.7 Å². The molecule has 4 rings (SSSR count). The molecule has 0 fully saturated rings. The Morgan fingerprint density at radius 2 is 1.72 bits per heavy atom. The predicted octanol–water partition coefficient (Wildman–Crippen LogP) is 3.46. The average Bonchev–Trinajstić information content (AvgIpc) is 3.37. The molecule has 0 aliphatic heterocycles. The maximum atomic E-state index is 13.2. The largest absolute Gasteiger partial charge is 0.459 e. The SMILES string of the molecule is Nc1nc(-c2noc(-c3ccco3)n2)nc(N(CC(F)(F)F)c2ccccc2)n1. The number of nitrogens with zero attached hydrogens (tertiary/aromatic N) is 6. The topological polar surface area (TPSA) is 120 Å². The van der Waals surface area contributed by atoms with Crippen LogP contribution in [0.2, 0.25) is 0 Å². The minimum atomic E-state index is -4.52. The van der Waals surface area contributed by atoms with Crippen LogP contribution in [0.15, 0.2) is 57.7 Å². The lowest BCUT2D eigenvalue weighted by molar-refractivity contribution is -0.118. The quantitative estimate of drug-likeness (QED) is 0.534. The minimum absolute atomic E-state index is 0.0562. The number of hydrogen-bond acceptors (Lipinski definition) is 9. The van der Waals surface area contributed by atoms with Gasteiger partial charge in [-0.15, -0.1) is 0 Å². The maximum absolute atomic E-state index is 13.2. The van der Waals surface area contributed by atoms with E-state index in [2.05, 4.69) is 25.1 Å². The summed E-state index contributed by atoms with van der Waals surface area (Å²) in [6.45, 7) is -1.33. The van der Waals surface area contributed by atoms with Crippen LogP contribution in [0.4, 0.5) is 30.8 Å². The summed E-state index contributed by atoms with van der Waals surface area (Å²) < 4.78 is 49.7. The van der Waals surface area contributed by atoms with Crippen LogP contribution in [0.25, 0.3) is 23.3 Å². The lowest BCUT2D eigenvalue weighted by atomic mass is 10.3. The lowest BCUT2D eigenvalue weighted by Crippen LogP contribution is -2.32. The van der Waals surface area contributed by atoms with Gasteiger partial charge in [0.1, 0.15) is 6.54 Å². The number of alkyl halides is 3. The summed E-state index contributed by atoms with van der Waals surface area (Å²) in [4.78, 5) is 16.8. The van der Waals surface area contributed by atoms with Gasteiger partial charge in [0.15, 0.2) is 5.76 Å². The van der Waals surface area contributed by atoms with E-state index in [9.17, 15) is 13.2 Å². The molecule has 3 heterocycles. The minimum Gasteiger partial charge on any atom is -0.459 e. The molecule has 0 bridgehead atoms. The highest BCUT2D eigenvalue weighted by atomic mass is 19.4. The average molecular weight is 403 g/mol. The second kappa shape index (κ2) is 7.22. The summed E-state index contributed by atoms with van der Waals surface area (Å²) in [5, 5.41) is 3.74. The van der Waals surface area contributed by atoms with Crippen LogP contribution in [-0.2, 0) is 0 Å². The fourth-order valence-electron chi connectivity index (χ4n) is 2.48. The van der Waals surface area contributed by atoms with Crippen LogP contribution in [0.3, 0.4) is 0 Å². The van der Waals surface area contributed by atoms with Crippen molar-refractivity contribution in [2.45, 2.75) is 6.18 Å². The van der Waals surface area contributed by atoms with Gasteiger partial charge >= 0.3 is 6.18 Å². The van der Waals surface area contributed by atoms with E-state index in [1.165, 1.54) is 18.4 Å². The van der Waals surface area contributed by atoms with Crippen molar-refractivity contribution in [1.82, 2.24) is 25.1 Å². The fourth-order valence-corrected chi connectivity index (χ4v) is 2.48. The molecule has 2 N–H and O–H groups in total. The molecule has 0 aliphatic rings. The second-order valence-electron chi connectivity index (χ2n) is 5.75. The number of aromatic nitrogens is 5. The first kappa shape index (κ1) is 18.4. The lowest BCUT2D eigenvalue weighted by Gasteiger charge is -2.24. The van der Waals surface area contributed by atoms with Crippen molar-refractivity contribution in [1.29, 1.82) is 0 Å². The zero-order valence-corrected chi connectivity index (χ0v) is 14.5. The first-order valence-electron chi connectivity index (χ1n) is 8.18. The third-order valence-corrected chi connectivity index (χ3v) is 3.65. The summed E-state index contributed by atoms with van der Waals surface area (Å²) >= 11 is 0. The highest BCUT2D eigenvalue weighted by Crippen LogP contribution is 2.29. The smallest absolute Gasteiger partial charge is 0.406 e. The van der Waals surface area contributed by atoms with Gasteiger partial charge < -0.3 is 19.6 Å². The summed E-state index contributed by atoms with van der Waals surface area (Å²) in [6.07, 6.45) is -3.09. The summed E-state index contributed by atoms with van der Waals surface area (Å²) in [5.74, 6) is -0.448.